The summed E-state index contributed by atoms with van der Waals surface area (Å²) in [6.07, 6.45) is -9.45. The van der Waals surface area contributed by atoms with Gasteiger partial charge < -0.3 is 15.0 Å². The number of para-hydroxylation sites is 1. The second-order valence-electron chi connectivity index (χ2n) is 7.29. The number of carbonyl (C=O) groups is 2. The lowest BCUT2D eigenvalue weighted by Crippen LogP contribution is -2.47. The zero-order chi connectivity index (χ0) is 23.7. The van der Waals surface area contributed by atoms with Crippen molar-refractivity contribution in [1.29, 1.82) is 0 Å². The number of alkyl halides is 6. The predicted molar refractivity (Wildman–Crippen MR) is 102 cm³/mol. The fraction of sp³-hybridized carbons (Fsp3) is 0.333. The van der Waals surface area contributed by atoms with Crippen molar-refractivity contribution in [3.63, 3.8) is 0 Å². The Morgan fingerprint density at radius 3 is 2.41 bits per heavy atom. The molecule has 0 spiro atoms. The summed E-state index contributed by atoms with van der Waals surface area (Å²) in [4.78, 5) is 27.0. The van der Waals surface area contributed by atoms with Crippen LogP contribution < -0.4 is 10.1 Å². The maximum atomic E-state index is 13.3. The second kappa shape index (κ2) is 8.71. The third-order valence-electron chi connectivity index (χ3n) is 5.11. The first kappa shape index (κ1) is 23.4. The van der Waals surface area contributed by atoms with Crippen molar-refractivity contribution in [3.8, 4) is 5.75 Å². The minimum atomic E-state index is -4.93. The average molecular weight is 460 g/mol. The van der Waals surface area contributed by atoms with E-state index in [1.165, 1.54) is 30.1 Å². The minimum absolute atomic E-state index is 0.219. The minimum Gasteiger partial charge on any atom is -0.406 e. The third kappa shape index (κ3) is 5.32. The molecule has 2 aromatic carbocycles. The molecule has 0 radical (unpaired) electrons. The van der Waals surface area contributed by atoms with Crippen LogP contribution in [0.5, 0.6) is 5.75 Å². The summed E-state index contributed by atoms with van der Waals surface area (Å²) in [5, 5.41) is 2.17. The number of benzene rings is 2. The van der Waals surface area contributed by atoms with Gasteiger partial charge in [-0.2, -0.15) is 13.2 Å². The number of anilines is 1. The lowest BCUT2D eigenvalue weighted by molar-refractivity contribution is -0.274. The van der Waals surface area contributed by atoms with Gasteiger partial charge in [-0.25, -0.2) is 0 Å². The van der Waals surface area contributed by atoms with Gasteiger partial charge in [0.2, 0.25) is 11.8 Å². The summed E-state index contributed by atoms with van der Waals surface area (Å²) < 4.78 is 81.4. The highest BCUT2D eigenvalue weighted by atomic mass is 19.4. The monoisotopic (exact) mass is 460 g/mol. The Labute approximate surface area is 179 Å². The second-order valence-corrected chi connectivity index (χ2v) is 7.29. The number of likely N-dealkylation sites (tertiary alicyclic amines) is 1. The van der Waals surface area contributed by atoms with E-state index in [2.05, 4.69) is 10.1 Å². The molecule has 11 heteroatoms. The van der Waals surface area contributed by atoms with Gasteiger partial charge in [0.1, 0.15) is 11.7 Å². The van der Waals surface area contributed by atoms with Crippen molar-refractivity contribution in [2.45, 2.75) is 24.9 Å². The summed E-state index contributed by atoms with van der Waals surface area (Å²) in [5.74, 6) is -4.44. The van der Waals surface area contributed by atoms with Gasteiger partial charge in [-0.1, -0.05) is 24.3 Å². The highest BCUT2D eigenvalue weighted by Crippen LogP contribution is 2.38. The summed E-state index contributed by atoms with van der Waals surface area (Å²) in [7, 11) is 1.44. The van der Waals surface area contributed by atoms with E-state index < -0.39 is 53.2 Å². The van der Waals surface area contributed by atoms with E-state index in [1.54, 1.807) is 0 Å². The van der Waals surface area contributed by atoms with Crippen LogP contribution in [0.3, 0.4) is 0 Å². The van der Waals surface area contributed by atoms with Crippen LogP contribution in [0.15, 0.2) is 48.5 Å². The maximum absolute atomic E-state index is 13.3. The average Bonchev–Trinajstić information content (AvgIpc) is 2.68. The Bertz CT molecular complexity index is 1010. The van der Waals surface area contributed by atoms with Crippen LogP contribution in [0.25, 0.3) is 0 Å². The number of halogens is 6. The number of carbonyl (C=O) groups excluding carboxylic acids is 2. The number of amides is 2. The molecule has 1 aliphatic heterocycles. The first-order valence-electron chi connectivity index (χ1n) is 9.44. The Morgan fingerprint density at radius 2 is 1.75 bits per heavy atom. The van der Waals surface area contributed by atoms with E-state index in [-0.39, 0.29) is 18.5 Å². The Balaban J connectivity index is 1.93. The van der Waals surface area contributed by atoms with Crippen molar-refractivity contribution in [2.24, 2.45) is 5.92 Å². The summed E-state index contributed by atoms with van der Waals surface area (Å²) >= 11 is 0. The van der Waals surface area contributed by atoms with E-state index in [1.807, 2.05) is 0 Å². The Morgan fingerprint density at radius 1 is 1.06 bits per heavy atom. The SMILES string of the molecule is CN1CC[C@H](c2cccc(OC(F)(F)F)c2)[C@@H](C(=O)Nc2ccccc2C(F)(F)F)C1=O. The van der Waals surface area contributed by atoms with Crippen LogP contribution in [0.2, 0.25) is 0 Å². The molecule has 0 aromatic heterocycles. The molecular formula is C21H18F6N2O3. The van der Waals surface area contributed by atoms with Crippen LogP contribution >= 0.6 is 0 Å². The summed E-state index contributed by atoms with van der Waals surface area (Å²) in [6, 6.07) is 9.18. The van der Waals surface area contributed by atoms with E-state index in [9.17, 15) is 35.9 Å². The van der Waals surface area contributed by atoms with Gasteiger partial charge in [0.05, 0.1) is 11.3 Å². The largest absolute Gasteiger partial charge is 0.573 e. The molecule has 1 aliphatic rings. The van der Waals surface area contributed by atoms with Crippen LogP contribution in [0, 0.1) is 5.92 Å². The Hall–Kier alpha value is -3.24. The van der Waals surface area contributed by atoms with Crippen molar-refractivity contribution in [2.75, 3.05) is 18.9 Å². The van der Waals surface area contributed by atoms with Crippen LogP contribution in [-0.2, 0) is 15.8 Å². The molecule has 5 nitrogen and oxygen atoms in total. The topological polar surface area (TPSA) is 58.6 Å². The number of hydrogen-bond donors (Lipinski definition) is 1. The highest BCUT2D eigenvalue weighted by Gasteiger charge is 2.42. The summed E-state index contributed by atoms with van der Waals surface area (Å²) in [6.45, 7) is 0.219. The molecule has 0 bridgehead atoms. The van der Waals surface area contributed by atoms with Crippen molar-refractivity contribution >= 4 is 17.5 Å². The van der Waals surface area contributed by atoms with E-state index in [0.29, 0.717) is 0 Å². The number of piperidine rings is 1. The van der Waals surface area contributed by atoms with Crippen LogP contribution in [0.4, 0.5) is 32.0 Å². The van der Waals surface area contributed by atoms with Gasteiger partial charge in [-0.3, -0.25) is 9.59 Å². The molecule has 0 unspecified atom stereocenters. The molecular weight excluding hydrogens is 442 g/mol. The fourth-order valence-electron chi connectivity index (χ4n) is 3.67. The zero-order valence-corrected chi connectivity index (χ0v) is 16.6. The smallest absolute Gasteiger partial charge is 0.406 e. The van der Waals surface area contributed by atoms with Gasteiger partial charge in [-0.05, 0) is 36.2 Å². The molecule has 1 N–H and O–H groups in total. The molecule has 2 amide bonds. The molecule has 3 rings (SSSR count). The lowest BCUT2D eigenvalue weighted by atomic mass is 9.79. The van der Waals surface area contributed by atoms with E-state index in [4.69, 9.17) is 0 Å². The predicted octanol–water partition coefficient (Wildman–Crippen LogP) is 4.80. The standard InChI is InChI=1S/C21H18F6N2O3/c1-29-10-9-14(12-5-4-6-13(11-12)32-21(25,26)27)17(19(29)31)18(30)28-16-8-3-2-7-15(16)20(22,23)24/h2-8,11,14,17H,9-10H2,1H3,(H,28,30)/t14-,17+/m1/s1. The number of nitrogens with zero attached hydrogens (tertiary/aromatic N) is 1. The highest BCUT2D eigenvalue weighted by molar-refractivity contribution is 6.08. The molecule has 0 aliphatic carbocycles. The molecule has 1 fully saturated rings. The molecule has 172 valence electrons. The van der Waals surface area contributed by atoms with Gasteiger partial charge >= 0.3 is 12.5 Å². The Kier molecular flexibility index (Phi) is 6.38. The number of hydrogen-bond acceptors (Lipinski definition) is 3. The molecule has 32 heavy (non-hydrogen) atoms. The molecule has 2 aromatic rings. The molecule has 0 saturated carbocycles. The van der Waals surface area contributed by atoms with Crippen molar-refractivity contribution < 1.29 is 40.7 Å². The van der Waals surface area contributed by atoms with Gasteiger partial charge in [-0.15, -0.1) is 13.2 Å². The quantitative estimate of drug-likeness (QED) is 0.527. The normalized spacial score (nSPS) is 19.6. The maximum Gasteiger partial charge on any atom is 0.573 e. The van der Waals surface area contributed by atoms with Gasteiger partial charge in [0, 0.05) is 19.5 Å². The van der Waals surface area contributed by atoms with Crippen molar-refractivity contribution in [1.82, 2.24) is 4.90 Å². The first-order chi connectivity index (χ1) is 14.9. The zero-order valence-electron chi connectivity index (χ0n) is 16.6. The van der Waals surface area contributed by atoms with E-state index in [0.717, 1.165) is 30.3 Å². The van der Waals surface area contributed by atoms with Crippen LogP contribution in [-0.4, -0.2) is 36.7 Å². The van der Waals surface area contributed by atoms with Gasteiger partial charge in [0.25, 0.3) is 0 Å². The molecule has 1 heterocycles. The van der Waals surface area contributed by atoms with Crippen molar-refractivity contribution in [3.05, 3.63) is 59.7 Å². The first-order valence-corrected chi connectivity index (χ1v) is 9.44. The van der Waals surface area contributed by atoms with Crippen LogP contribution in [0.1, 0.15) is 23.5 Å². The number of rotatable bonds is 4. The molecule has 2 atom stereocenters. The number of nitrogens with one attached hydrogen (secondary N) is 1. The summed E-state index contributed by atoms with van der Waals surface area (Å²) in [5.41, 5.74) is -1.36. The third-order valence-corrected chi connectivity index (χ3v) is 5.11. The lowest BCUT2D eigenvalue weighted by Gasteiger charge is -2.35. The number of ether oxygens (including phenoxy) is 1. The molecule has 1 saturated heterocycles. The van der Waals surface area contributed by atoms with E-state index >= 15 is 0 Å². The fourth-order valence-corrected chi connectivity index (χ4v) is 3.67. The van der Waals surface area contributed by atoms with Gasteiger partial charge in [0.15, 0.2) is 0 Å².